The fraction of sp³-hybridized carbons (Fsp3) is 0.467. The molecule has 108 valence electrons. The van der Waals surface area contributed by atoms with Crippen molar-refractivity contribution in [2.45, 2.75) is 37.0 Å². The Morgan fingerprint density at radius 2 is 2.05 bits per heavy atom. The summed E-state index contributed by atoms with van der Waals surface area (Å²) in [4.78, 5) is 23.3. The zero-order valence-corrected chi connectivity index (χ0v) is 12.4. The summed E-state index contributed by atoms with van der Waals surface area (Å²) < 4.78 is 0. The van der Waals surface area contributed by atoms with Gasteiger partial charge < -0.3 is 11.1 Å². The van der Waals surface area contributed by atoms with Gasteiger partial charge in [-0.25, -0.2) is 0 Å². The largest absolute Gasteiger partial charge is 0.366 e. The Morgan fingerprint density at radius 1 is 1.30 bits per heavy atom. The van der Waals surface area contributed by atoms with Crippen LogP contribution in [0.4, 0.5) is 0 Å². The van der Waals surface area contributed by atoms with E-state index < -0.39 is 5.91 Å². The molecule has 0 radical (unpaired) electrons. The lowest BCUT2D eigenvalue weighted by Crippen LogP contribution is -2.39. The van der Waals surface area contributed by atoms with Gasteiger partial charge in [0, 0.05) is 22.4 Å². The highest BCUT2D eigenvalue weighted by atomic mass is 32.2. The zero-order chi connectivity index (χ0) is 14.5. The Kier molecular flexibility index (Phi) is 5.06. The van der Waals surface area contributed by atoms with Gasteiger partial charge in [-0.05, 0) is 43.7 Å². The first-order chi connectivity index (χ1) is 9.60. The summed E-state index contributed by atoms with van der Waals surface area (Å²) in [6.45, 7) is 0. The number of primary amides is 1. The second kappa shape index (κ2) is 6.79. The molecule has 0 aliphatic heterocycles. The molecule has 3 N–H and O–H groups in total. The molecule has 2 atom stereocenters. The van der Waals surface area contributed by atoms with E-state index in [4.69, 9.17) is 5.73 Å². The van der Waals surface area contributed by atoms with Crippen LogP contribution in [0.5, 0.6) is 0 Å². The van der Waals surface area contributed by atoms with Crippen molar-refractivity contribution in [1.82, 2.24) is 5.32 Å². The van der Waals surface area contributed by atoms with Gasteiger partial charge >= 0.3 is 0 Å². The number of nitrogens with one attached hydrogen (secondary N) is 1. The van der Waals surface area contributed by atoms with Crippen LogP contribution in [-0.2, 0) is 0 Å². The summed E-state index contributed by atoms with van der Waals surface area (Å²) in [6, 6.07) is 6.78. The number of thioether (sulfide) groups is 1. The van der Waals surface area contributed by atoms with E-state index in [2.05, 4.69) is 11.6 Å². The number of nitrogens with two attached hydrogens (primary N) is 1. The van der Waals surface area contributed by atoms with Crippen molar-refractivity contribution in [3.05, 3.63) is 35.4 Å². The third kappa shape index (κ3) is 3.76. The zero-order valence-electron chi connectivity index (χ0n) is 11.6. The fourth-order valence-electron chi connectivity index (χ4n) is 2.57. The van der Waals surface area contributed by atoms with Gasteiger partial charge in [-0.3, -0.25) is 9.59 Å². The molecule has 4 nitrogen and oxygen atoms in total. The molecular formula is C15H20N2O2S. The van der Waals surface area contributed by atoms with Crippen LogP contribution in [0, 0.1) is 0 Å². The number of carbonyl (C=O) groups is 2. The first-order valence-corrected chi connectivity index (χ1v) is 8.12. The molecule has 0 spiro atoms. The molecule has 1 saturated carbocycles. The van der Waals surface area contributed by atoms with Crippen molar-refractivity contribution in [2.75, 3.05) is 6.26 Å². The lowest BCUT2D eigenvalue weighted by atomic mass is 9.94. The number of hydrogen-bond acceptors (Lipinski definition) is 3. The van der Waals surface area contributed by atoms with Crippen molar-refractivity contribution >= 4 is 23.6 Å². The fourth-order valence-corrected chi connectivity index (χ4v) is 3.40. The normalized spacial score (nSPS) is 22.2. The third-order valence-corrected chi connectivity index (χ3v) is 4.80. The quantitative estimate of drug-likeness (QED) is 0.893. The van der Waals surface area contributed by atoms with Crippen LogP contribution in [0.3, 0.4) is 0 Å². The van der Waals surface area contributed by atoms with Gasteiger partial charge in [0.25, 0.3) is 5.91 Å². The molecule has 2 unspecified atom stereocenters. The Morgan fingerprint density at radius 3 is 2.75 bits per heavy atom. The topological polar surface area (TPSA) is 72.2 Å². The highest BCUT2D eigenvalue weighted by molar-refractivity contribution is 7.99. The molecule has 5 heteroatoms. The minimum Gasteiger partial charge on any atom is -0.366 e. The van der Waals surface area contributed by atoms with Gasteiger partial charge in [-0.1, -0.05) is 12.5 Å². The number of benzene rings is 1. The van der Waals surface area contributed by atoms with E-state index in [1.54, 1.807) is 24.3 Å². The summed E-state index contributed by atoms with van der Waals surface area (Å²) in [5.74, 6) is -0.639. The first kappa shape index (κ1) is 14.9. The molecule has 0 saturated heterocycles. The number of amides is 2. The maximum absolute atomic E-state index is 12.2. The van der Waals surface area contributed by atoms with Crippen molar-refractivity contribution in [3.63, 3.8) is 0 Å². The molecule has 1 fully saturated rings. The van der Waals surface area contributed by atoms with E-state index in [9.17, 15) is 9.59 Å². The number of hydrogen-bond donors (Lipinski definition) is 2. The number of rotatable bonds is 4. The van der Waals surface area contributed by atoms with E-state index in [-0.39, 0.29) is 11.9 Å². The molecule has 1 aliphatic carbocycles. The third-order valence-electron chi connectivity index (χ3n) is 3.70. The van der Waals surface area contributed by atoms with Crippen LogP contribution < -0.4 is 11.1 Å². The molecule has 2 rings (SSSR count). The summed E-state index contributed by atoms with van der Waals surface area (Å²) in [6.07, 6.45) is 6.54. The van der Waals surface area contributed by atoms with Crippen molar-refractivity contribution in [2.24, 2.45) is 5.73 Å². The van der Waals surface area contributed by atoms with Crippen LogP contribution in [0.15, 0.2) is 24.3 Å². The van der Waals surface area contributed by atoms with Gasteiger partial charge in [0.1, 0.15) is 0 Å². The molecule has 0 bridgehead atoms. The van der Waals surface area contributed by atoms with Crippen LogP contribution in [-0.4, -0.2) is 29.4 Å². The first-order valence-electron chi connectivity index (χ1n) is 6.83. The monoisotopic (exact) mass is 292 g/mol. The van der Waals surface area contributed by atoms with E-state index in [1.165, 1.54) is 6.42 Å². The Balaban J connectivity index is 2.01. The van der Waals surface area contributed by atoms with Crippen molar-refractivity contribution < 1.29 is 9.59 Å². The molecule has 0 aromatic heterocycles. The van der Waals surface area contributed by atoms with Gasteiger partial charge in [0.05, 0.1) is 0 Å². The molecule has 1 aromatic carbocycles. The van der Waals surface area contributed by atoms with Crippen LogP contribution in [0.2, 0.25) is 0 Å². The van der Waals surface area contributed by atoms with Gasteiger partial charge in [-0.2, -0.15) is 11.8 Å². The van der Waals surface area contributed by atoms with E-state index in [0.717, 1.165) is 19.3 Å². The smallest absolute Gasteiger partial charge is 0.251 e. The van der Waals surface area contributed by atoms with Gasteiger partial charge in [0.2, 0.25) is 5.91 Å². The lowest BCUT2D eigenvalue weighted by molar-refractivity contribution is 0.0928. The molecule has 2 amide bonds. The van der Waals surface area contributed by atoms with Crippen LogP contribution in [0.25, 0.3) is 0 Å². The summed E-state index contributed by atoms with van der Waals surface area (Å²) in [7, 11) is 0. The number of carbonyl (C=O) groups excluding carboxylic acids is 2. The summed E-state index contributed by atoms with van der Waals surface area (Å²) in [5.41, 5.74) is 6.09. The average molecular weight is 292 g/mol. The standard InChI is InChI=1S/C15H20N2O2S/c1-20-13-7-3-6-12(9-13)17-15(19)11-5-2-4-10(8-11)14(16)18/h2,4-5,8,12-13H,3,6-7,9H2,1H3,(H2,16,18)(H,17,19). The van der Waals surface area contributed by atoms with Crippen LogP contribution >= 0.6 is 11.8 Å². The Labute approximate surface area is 123 Å². The van der Waals surface area contributed by atoms with E-state index in [0.29, 0.717) is 16.4 Å². The molecule has 20 heavy (non-hydrogen) atoms. The molecule has 1 aliphatic rings. The van der Waals surface area contributed by atoms with Gasteiger partial charge in [0.15, 0.2) is 0 Å². The van der Waals surface area contributed by atoms with E-state index in [1.807, 2.05) is 11.8 Å². The molecule has 1 aromatic rings. The predicted molar refractivity (Wildman–Crippen MR) is 82.0 cm³/mol. The summed E-state index contributed by atoms with van der Waals surface area (Å²) in [5, 5.41) is 3.69. The summed E-state index contributed by atoms with van der Waals surface area (Å²) >= 11 is 1.87. The second-order valence-electron chi connectivity index (χ2n) is 5.14. The van der Waals surface area contributed by atoms with Crippen LogP contribution in [0.1, 0.15) is 46.4 Å². The highest BCUT2D eigenvalue weighted by Gasteiger charge is 2.23. The minimum atomic E-state index is -0.514. The minimum absolute atomic E-state index is 0.125. The van der Waals surface area contributed by atoms with Crippen molar-refractivity contribution in [1.29, 1.82) is 0 Å². The maximum Gasteiger partial charge on any atom is 0.251 e. The molecule has 0 heterocycles. The van der Waals surface area contributed by atoms with E-state index >= 15 is 0 Å². The maximum atomic E-state index is 12.2. The van der Waals surface area contributed by atoms with Crippen molar-refractivity contribution in [3.8, 4) is 0 Å². The predicted octanol–water partition coefficient (Wildman–Crippen LogP) is 2.19. The Hall–Kier alpha value is -1.49. The second-order valence-corrected chi connectivity index (χ2v) is 6.28. The lowest BCUT2D eigenvalue weighted by Gasteiger charge is -2.28. The SMILES string of the molecule is CSC1CCCC(NC(=O)c2cccc(C(N)=O)c2)C1. The van der Waals surface area contributed by atoms with Gasteiger partial charge in [-0.15, -0.1) is 0 Å². The molecular weight excluding hydrogens is 272 g/mol. The Bertz CT molecular complexity index is 504. The average Bonchev–Trinajstić information content (AvgIpc) is 2.47. The highest BCUT2D eigenvalue weighted by Crippen LogP contribution is 2.27.